The monoisotopic (exact) mass is 304 g/mol. The van der Waals surface area contributed by atoms with E-state index in [-0.39, 0.29) is 23.7 Å². The first kappa shape index (κ1) is 22.1. The van der Waals surface area contributed by atoms with E-state index in [4.69, 9.17) is 9.47 Å². The first-order valence-corrected chi connectivity index (χ1v) is 7.35. The van der Waals surface area contributed by atoms with Crippen molar-refractivity contribution in [2.24, 2.45) is 11.8 Å². The van der Waals surface area contributed by atoms with Crippen molar-refractivity contribution >= 4 is 11.8 Å². The number of hydrogen-bond donors (Lipinski definition) is 2. The molecule has 0 bridgehead atoms. The number of hydrogen-bond acceptors (Lipinski definition) is 4. The van der Waals surface area contributed by atoms with E-state index in [0.29, 0.717) is 6.61 Å². The Morgan fingerprint density at radius 1 is 0.857 bits per heavy atom. The van der Waals surface area contributed by atoms with Crippen molar-refractivity contribution in [1.29, 1.82) is 0 Å². The van der Waals surface area contributed by atoms with Gasteiger partial charge in [0.15, 0.2) is 0 Å². The smallest absolute Gasteiger partial charge is 0.222 e. The fourth-order valence-corrected chi connectivity index (χ4v) is 1.58. The third kappa shape index (κ3) is 13.6. The Hall–Kier alpha value is -1.14. The van der Waals surface area contributed by atoms with Crippen molar-refractivity contribution in [1.82, 2.24) is 10.6 Å². The minimum absolute atomic E-state index is 0.0601. The summed E-state index contributed by atoms with van der Waals surface area (Å²) in [7, 11) is 6.61. The van der Waals surface area contributed by atoms with E-state index in [1.54, 1.807) is 28.3 Å². The zero-order chi connectivity index (χ0) is 16.7. The van der Waals surface area contributed by atoms with Crippen LogP contribution < -0.4 is 10.6 Å². The summed E-state index contributed by atoms with van der Waals surface area (Å²) in [4.78, 5) is 21.8. The largest absolute Gasteiger partial charge is 0.385 e. The Morgan fingerprint density at radius 3 is 1.67 bits per heavy atom. The number of amides is 2. The Bertz CT molecular complexity index is 272. The quantitative estimate of drug-likeness (QED) is 0.628. The van der Waals surface area contributed by atoms with Gasteiger partial charge in [-0.05, 0) is 19.3 Å². The van der Waals surface area contributed by atoms with E-state index in [1.807, 2.05) is 13.8 Å². The molecule has 2 unspecified atom stereocenters. The highest BCUT2D eigenvalue weighted by atomic mass is 16.5. The van der Waals surface area contributed by atoms with Crippen molar-refractivity contribution < 1.29 is 19.1 Å². The summed E-state index contributed by atoms with van der Waals surface area (Å²) < 4.78 is 9.70. The summed E-state index contributed by atoms with van der Waals surface area (Å²) in [6.45, 7) is 5.20. The fraction of sp³-hybridized carbons (Fsp3) is 0.867. The number of rotatable bonds is 9. The van der Waals surface area contributed by atoms with Crippen LogP contribution in [-0.2, 0) is 19.1 Å². The summed E-state index contributed by atoms with van der Waals surface area (Å²) >= 11 is 0. The number of carbonyl (C=O) groups is 2. The van der Waals surface area contributed by atoms with E-state index in [0.717, 1.165) is 25.9 Å². The Labute approximate surface area is 129 Å². The number of methoxy groups -OCH3 is 2. The van der Waals surface area contributed by atoms with Gasteiger partial charge in [-0.3, -0.25) is 9.59 Å². The van der Waals surface area contributed by atoms with Crippen LogP contribution >= 0.6 is 0 Å². The number of carbonyl (C=O) groups excluding carboxylic acids is 2. The molecule has 0 fully saturated rings. The maximum Gasteiger partial charge on any atom is 0.222 e. The molecule has 2 atom stereocenters. The van der Waals surface area contributed by atoms with Gasteiger partial charge in [-0.1, -0.05) is 13.8 Å². The van der Waals surface area contributed by atoms with E-state index in [2.05, 4.69) is 10.6 Å². The normalized spacial score (nSPS) is 12.7. The molecule has 0 spiro atoms. The van der Waals surface area contributed by atoms with Crippen LogP contribution in [0.25, 0.3) is 0 Å². The third-order valence-corrected chi connectivity index (χ3v) is 3.13. The highest BCUT2D eigenvalue weighted by molar-refractivity contribution is 5.78. The third-order valence-electron chi connectivity index (χ3n) is 3.13. The molecule has 0 aromatic carbocycles. The van der Waals surface area contributed by atoms with Crippen LogP contribution in [0.4, 0.5) is 0 Å². The highest BCUT2D eigenvalue weighted by Crippen LogP contribution is 2.04. The second-order valence-electron chi connectivity index (χ2n) is 4.95. The Balaban J connectivity index is 0. The SMILES string of the molecule is CNC(=O)C(C)CCCOC.CNC(=O)C(C)CCOC. The molecule has 0 heterocycles. The average Bonchev–Trinajstić information content (AvgIpc) is 2.51. The van der Waals surface area contributed by atoms with Crippen LogP contribution in [0, 0.1) is 11.8 Å². The van der Waals surface area contributed by atoms with Crippen molar-refractivity contribution in [2.75, 3.05) is 41.5 Å². The molecule has 6 heteroatoms. The lowest BCUT2D eigenvalue weighted by molar-refractivity contribution is -0.125. The summed E-state index contributed by atoms with van der Waals surface area (Å²) in [6.07, 6.45) is 2.63. The molecule has 21 heavy (non-hydrogen) atoms. The van der Waals surface area contributed by atoms with E-state index in [9.17, 15) is 9.59 Å². The molecule has 0 aromatic rings. The molecule has 6 nitrogen and oxygen atoms in total. The lowest BCUT2D eigenvalue weighted by Crippen LogP contribution is -2.25. The van der Waals surface area contributed by atoms with Gasteiger partial charge in [0.2, 0.25) is 11.8 Å². The standard InChI is InChI=1S/C8H17NO2.C7H15NO2/c1-7(8(10)9-2)5-4-6-11-3;1-6(4-5-10-3)7(9)8-2/h7H,4-6H2,1-3H3,(H,9,10);6H,4-5H2,1-3H3,(H,8,9). The van der Waals surface area contributed by atoms with E-state index < -0.39 is 0 Å². The molecule has 0 radical (unpaired) electrons. The van der Waals surface area contributed by atoms with Crippen molar-refractivity contribution in [3.05, 3.63) is 0 Å². The van der Waals surface area contributed by atoms with E-state index >= 15 is 0 Å². The minimum Gasteiger partial charge on any atom is -0.385 e. The van der Waals surface area contributed by atoms with Crippen LogP contribution in [0.1, 0.15) is 33.1 Å². The van der Waals surface area contributed by atoms with Gasteiger partial charge in [-0.2, -0.15) is 0 Å². The van der Waals surface area contributed by atoms with Gasteiger partial charge in [0.05, 0.1) is 0 Å². The first-order chi connectivity index (χ1) is 9.94. The van der Waals surface area contributed by atoms with Crippen molar-refractivity contribution in [3.8, 4) is 0 Å². The fourth-order valence-electron chi connectivity index (χ4n) is 1.58. The number of nitrogens with one attached hydrogen (secondary N) is 2. The lowest BCUT2D eigenvalue weighted by atomic mass is 10.1. The minimum atomic E-state index is 0.0601. The molecule has 126 valence electrons. The number of ether oxygens (including phenoxy) is 2. The van der Waals surface area contributed by atoms with Gasteiger partial charge in [-0.15, -0.1) is 0 Å². The van der Waals surface area contributed by atoms with Gasteiger partial charge in [0.25, 0.3) is 0 Å². The van der Waals surface area contributed by atoms with Crippen LogP contribution in [0.3, 0.4) is 0 Å². The van der Waals surface area contributed by atoms with Gasteiger partial charge in [0.1, 0.15) is 0 Å². The molecule has 0 aliphatic carbocycles. The predicted octanol–water partition coefficient (Wildman–Crippen LogP) is 1.20. The van der Waals surface area contributed by atoms with Crippen molar-refractivity contribution in [2.45, 2.75) is 33.1 Å². The molecule has 0 saturated carbocycles. The van der Waals surface area contributed by atoms with Crippen molar-refractivity contribution in [3.63, 3.8) is 0 Å². The summed E-state index contributed by atoms with van der Waals surface area (Å²) in [5, 5.41) is 5.19. The molecule has 2 amide bonds. The molecule has 0 aliphatic heterocycles. The first-order valence-electron chi connectivity index (χ1n) is 7.35. The van der Waals surface area contributed by atoms with Gasteiger partial charge < -0.3 is 20.1 Å². The van der Waals surface area contributed by atoms with Gasteiger partial charge >= 0.3 is 0 Å². The van der Waals surface area contributed by atoms with Crippen LogP contribution in [-0.4, -0.2) is 53.3 Å². The molecule has 0 saturated heterocycles. The van der Waals surface area contributed by atoms with Gasteiger partial charge in [0, 0.05) is 53.4 Å². The Kier molecular flexibility index (Phi) is 16.1. The maximum absolute atomic E-state index is 11.0. The molecule has 0 rings (SSSR count). The van der Waals surface area contributed by atoms with Crippen LogP contribution in [0.2, 0.25) is 0 Å². The molecular weight excluding hydrogens is 272 g/mol. The highest BCUT2D eigenvalue weighted by Gasteiger charge is 2.09. The summed E-state index contributed by atoms with van der Waals surface area (Å²) in [5.74, 6) is 0.359. The zero-order valence-corrected chi connectivity index (χ0v) is 14.3. The topological polar surface area (TPSA) is 76.7 Å². The van der Waals surface area contributed by atoms with Crippen LogP contribution in [0.15, 0.2) is 0 Å². The summed E-state index contributed by atoms with van der Waals surface area (Å²) in [5.41, 5.74) is 0. The Morgan fingerprint density at radius 2 is 1.29 bits per heavy atom. The predicted molar refractivity (Wildman–Crippen MR) is 84.1 cm³/mol. The second-order valence-corrected chi connectivity index (χ2v) is 4.95. The average molecular weight is 304 g/mol. The molecule has 2 N–H and O–H groups in total. The molecular formula is C15H32N2O4. The van der Waals surface area contributed by atoms with Gasteiger partial charge in [-0.25, -0.2) is 0 Å². The van der Waals surface area contributed by atoms with E-state index in [1.165, 1.54) is 0 Å². The maximum atomic E-state index is 11.0. The second kappa shape index (κ2) is 15.3. The lowest BCUT2D eigenvalue weighted by Gasteiger charge is -2.08. The summed E-state index contributed by atoms with van der Waals surface area (Å²) in [6, 6.07) is 0. The zero-order valence-electron chi connectivity index (χ0n) is 14.3. The molecule has 0 aliphatic rings. The molecule has 0 aromatic heterocycles. The van der Waals surface area contributed by atoms with Crippen LogP contribution in [0.5, 0.6) is 0 Å².